The molecule has 1 fully saturated rings. The Bertz CT molecular complexity index is 1160. The molecule has 0 radical (unpaired) electrons. The Morgan fingerprint density at radius 3 is 2.79 bits per heavy atom. The van der Waals surface area contributed by atoms with E-state index in [-0.39, 0.29) is 17.3 Å². The summed E-state index contributed by atoms with van der Waals surface area (Å²) >= 11 is 6.10. The number of phenolic OH excluding ortho intramolecular Hbond substituents is 1. The number of fused-ring (bicyclic) bond motifs is 2. The van der Waals surface area contributed by atoms with Crippen LogP contribution >= 0.6 is 11.6 Å². The van der Waals surface area contributed by atoms with Crippen LogP contribution in [-0.2, 0) is 6.54 Å². The molecule has 8 heteroatoms. The van der Waals surface area contributed by atoms with Gasteiger partial charge in [0.15, 0.2) is 11.5 Å². The Morgan fingerprint density at radius 2 is 1.97 bits per heavy atom. The minimum atomic E-state index is 0.0136. The average molecular weight is 411 g/mol. The summed E-state index contributed by atoms with van der Waals surface area (Å²) in [6.07, 6.45) is 1.65. The minimum Gasteiger partial charge on any atom is -0.507 e. The molecule has 0 amide bonds. The lowest BCUT2D eigenvalue weighted by Gasteiger charge is -2.27. The van der Waals surface area contributed by atoms with Crippen LogP contribution < -0.4 is 5.32 Å². The Morgan fingerprint density at radius 1 is 1.14 bits per heavy atom. The van der Waals surface area contributed by atoms with Gasteiger partial charge in [-0.2, -0.15) is 0 Å². The third kappa shape index (κ3) is 3.27. The van der Waals surface area contributed by atoms with E-state index in [1.807, 2.05) is 0 Å². The normalized spacial score (nSPS) is 18.0. The number of rotatable bonds is 3. The molecule has 2 aromatic carbocycles. The first-order chi connectivity index (χ1) is 14.1. The quantitative estimate of drug-likeness (QED) is 0.591. The second-order valence-corrected chi connectivity index (χ2v) is 7.61. The van der Waals surface area contributed by atoms with Crippen molar-refractivity contribution in [1.82, 2.24) is 10.2 Å². The summed E-state index contributed by atoms with van der Waals surface area (Å²) in [5.74, 6) is 0.440. The van der Waals surface area contributed by atoms with Crippen LogP contribution in [0.3, 0.4) is 0 Å². The fourth-order valence-corrected chi connectivity index (χ4v) is 3.92. The number of aromatic hydroxyl groups is 2. The fraction of sp³-hybridized carbons (Fsp3) is 0.238. The zero-order chi connectivity index (χ0) is 20.0. The lowest BCUT2D eigenvalue weighted by atomic mass is 10.1. The van der Waals surface area contributed by atoms with E-state index in [4.69, 9.17) is 16.0 Å². The SMILES string of the molecule is Oc1ccc2c(O)c(C=C3N=Nc4ccc(Cl)cc43)oc2c1CN1CCNCC1. The third-order valence-corrected chi connectivity index (χ3v) is 5.53. The molecule has 1 saturated heterocycles. The molecule has 29 heavy (non-hydrogen) atoms. The number of phenols is 1. The predicted octanol–water partition coefficient (Wildman–Crippen LogP) is 4.50. The van der Waals surface area contributed by atoms with Crippen LogP contribution in [0, 0.1) is 0 Å². The van der Waals surface area contributed by atoms with E-state index in [1.165, 1.54) is 0 Å². The van der Waals surface area contributed by atoms with Crippen LogP contribution in [0.1, 0.15) is 16.9 Å². The van der Waals surface area contributed by atoms with Crippen molar-refractivity contribution in [2.45, 2.75) is 6.54 Å². The Labute approximate surface area is 171 Å². The summed E-state index contributed by atoms with van der Waals surface area (Å²) < 4.78 is 6.00. The highest BCUT2D eigenvalue weighted by Crippen LogP contribution is 2.42. The van der Waals surface area contributed by atoms with Gasteiger partial charge in [-0.3, -0.25) is 4.90 Å². The lowest BCUT2D eigenvalue weighted by molar-refractivity contribution is 0.230. The van der Waals surface area contributed by atoms with Crippen molar-refractivity contribution in [1.29, 1.82) is 0 Å². The maximum atomic E-state index is 10.7. The molecule has 3 heterocycles. The van der Waals surface area contributed by atoms with Crippen molar-refractivity contribution in [2.75, 3.05) is 26.2 Å². The number of hydrogen-bond donors (Lipinski definition) is 3. The molecular weight excluding hydrogens is 392 g/mol. The van der Waals surface area contributed by atoms with Gasteiger partial charge in [-0.1, -0.05) is 11.6 Å². The Balaban J connectivity index is 1.57. The van der Waals surface area contributed by atoms with E-state index >= 15 is 0 Å². The minimum absolute atomic E-state index is 0.0136. The number of azo groups is 1. The highest BCUT2D eigenvalue weighted by atomic mass is 35.5. The number of piperazine rings is 1. The van der Waals surface area contributed by atoms with Gasteiger partial charge >= 0.3 is 0 Å². The van der Waals surface area contributed by atoms with Crippen LogP contribution in [0.25, 0.3) is 22.7 Å². The van der Waals surface area contributed by atoms with Crippen LogP contribution in [-0.4, -0.2) is 41.3 Å². The molecule has 0 spiro atoms. The smallest absolute Gasteiger partial charge is 0.172 e. The molecular formula is C21H19ClN4O3. The molecule has 3 N–H and O–H groups in total. The third-order valence-electron chi connectivity index (χ3n) is 5.30. The molecule has 0 bridgehead atoms. The van der Waals surface area contributed by atoms with Crippen molar-refractivity contribution in [3.05, 3.63) is 52.2 Å². The van der Waals surface area contributed by atoms with Crippen LogP contribution in [0.2, 0.25) is 5.02 Å². The van der Waals surface area contributed by atoms with Gasteiger partial charge in [0, 0.05) is 49.4 Å². The van der Waals surface area contributed by atoms with E-state index in [0.717, 1.165) is 31.7 Å². The maximum absolute atomic E-state index is 10.7. The number of furan rings is 1. The molecule has 148 valence electrons. The first-order valence-corrected chi connectivity index (χ1v) is 9.81. The first kappa shape index (κ1) is 18.2. The lowest BCUT2D eigenvalue weighted by Crippen LogP contribution is -2.42. The highest BCUT2D eigenvalue weighted by molar-refractivity contribution is 6.31. The van der Waals surface area contributed by atoms with Crippen molar-refractivity contribution >= 4 is 40.0 Å². The van der Waals surface area contributed by atoms with Gasteiger partial charge in [0.25, 0.3) is 0 Å². The maximum Gasteiger partial charge on any atom is 0.172 e. The van der Waals surface area contributed by atoms with Gasteiger partial charge < -0.3 is 19.9 Å². The van der Waals surface area contributed by atoms with Crippen molar-refractivity contribution in [3.8, 4) is 11.5 Å². The molecule has 0 atom stereocenters. The standard InChI is InChI=1S/C21H19ClN4O3/c22-12-1-3-16-14(9-12)17(25-24-16)10-19-20(28)13-2-4-18(27)15(21(13)29-19)11-26-7-5-23-6-8-26/h1-4,9-10,23,27-28H,5-8,11H2. The molecule has 1 aromatic heterocycles. The molecule has 3 aromatic rings. The number of hydrogen-bond acceptors (Lipinski definition) is 7. The van der Waals surface area contributed by atoms with Crippen molar-refractivity contribution < 1.29 is 14.6 Å². The second-order valence-electron chi connectivity index (χ2n) is 7.17. The van der Waals surface area contributed by atoms with E-state index in [2.05, 4.69) is 20.4 Å². The summed E-state index contributed by atoms with van der Waals surface area (Å²) in [6.45, 7) is 4.13. The average Bonchev–Trinajstić information content (AvgIpc) is 3.26. The molecule has 0 saturated carbocycles. The molecule has 5 rings (SSSR count). The Kier molecular flexibility index (Phi) is 4.50. The van der Waals surface area contributed by atoms with E-state index in [0.29, 0.717) is 39.5 Å². The Hall–Kier alpha value is -2.87. The van der Waals surface area contributed by atoms with Gasteiger partial charge in [0.1, 0.15) is 11.3 Å². The van der Waals surface area contributed by atoms with E-state index < -0.39 is 0 Å². The first-order valence-electron chi connectivity index (χ1n) is 9.43. The van der Waals surface area contributed by atoms with Crippen LogP contribution in [0.15, 0.2) is 45.0 Å². The topological polar surface area (TPSA) is 93.6 Å². The molecule has 0 unspecified atom stereocenters. The van der Waals surface area contributed by atoms with E-state index in [1.54, 1.807) is 36.4 Å². The summed E-state index contributed by atoms with van der Waals surface area (Å²) in [6, 6.07) is 8.59. The van der Waals surface area contributed by atoms with Gasteiger partial charge in [-0.25, -0.2) is 0 Å². The van der Waals surface area contributed by atoms with E-state index in [9.17, 15) is 10.2 Å². The van der Waals surface area contributed by atoms with Gasteiger partial charge in [0.05, 0.1) is 22.3 Å². The number of benzene rings is 2. The summed E-state index contributed by atoms with van der Waals surface area (Å²) in [4.78, 5) is 2.24. The largest absolute Gasteiger partial charge is 0.507 e. The van der Waals surface area contributed by atoms with Crippen molar-refractivity contribution in [2.24, 2.45) is 10.2 Å². The zero-order valence-corrected chi connectivity index (χ0v) is 16.3. The highest BCUT2D eigenvalue weighted by Gasteiger charge is 2.22. The monoisotopic (exact) mass is 410 g/mol. The molecule has 7 nitrogen and oxygen atoms in total. The summed E-state index contributed by atoms with van der Waals surface area (Å²) in [7, 11) is 0. The summed E-state index contributed by atoms with van der Waals surface area (Å²) in [5.41, 5.74) is 3.20. The number of halogens is 1. The number of nitrogens with zero attached hydrogens (tertiary/aromatic N) is 3. The summed E-state index contributed by atoms with van der Waals surface area (Å²) in [5, 5.41) is 33.9. The molecule has 0 aliphatic carbocycles. The number of nitrogens with one attached hydrogen (secondary N) is 1. The second kappa shape index (κ2) is 7.18. The molecule has 2 aliphatic rings. The van der Waals surface area contributed by atoms with Gasteiger partial charge in [-0.15, -0.1) is 10.2 Å². The van der Waals surface area contributed by atoms with Crippen LogP contribution in [0.4, 0.5) is 5.69 Å². The van der Waals surface area contributed by atoms with Gasteiger partial charge in [-0.05, 0) is 30.3 Å². The fourth-order valence-electron chi connectivity index (χ4n) is 3.75. The van der Waals surface area contributed by atoms with Crippen molar-refractivity contribution in [3.63, 3.8) is 0 Å². The zero-order valence-electron chi connectivity index (χ0n) is 15.5. The van der Waals surface area contributed by atoms with Crippen LogP contribution in [0.5, 0.6) is 11.5 Å². The molecule has 2 aliphatic heterocycles. The van der Waals surface area contributed by atoms with Gasteiger partial charge in [0.2, 0.25) is 0 Å². The predicted molar refractivity (Wildman–Crippen MR) is 112 cm³/mol.